The zero-order valence-electron chi connectivity index (χ0n) is 15.4. The molecule has 1 aliphatic heterocycles. The summed E-state index contributed by atoms with van der Waals surface area (Å²) in [5.41, 5.74) is 0.891. The minimum absolute atomic E-state index is 0.0673. The van der Waals surface area contributed by atoms with Crippen molar-refractivity contribution in [3.05, 3.63) is 59.6 Å². The fourth-order valence-corrected chi connectivity index (χ4v) is 2.98. The number of amides is 1. The number of halogens is 3. The van der Waals surface area contributed by atoms with Gasteiger partial charge in [-0.15, -0.1) is 13.2 Å². The van der Waals surface area contributed by atoms with E-state index >= 15 is 0 Å². The Morgan fingerprint density at radius 1 is 1.11 bits per heavy atom. The first-order valence-corrected chi connectivity index (χ1v) is 8.89. The summed E-state index contributed by atoms with van der Waals surface area (Å²) in [5.74, 6) is 1.13. The molecule has 0 N–H and O–H groups in total. The molecular weight excluding hydrogens is 373 g/mol. The molecule has 3 rings (SSSR count). The van der Waals surface area contributed by atoms with Crippen LogP contribution in [0.4, 0.5) is 13.2 Å². The first-order valence-electron chi connectivity index (χ1n) is 8.89. The molecule has 1 saturated heterocycles. The molecule has 0 spiro atoms. The van der Waals surface area contributed by atoms with Crippen LogP contribution in [0, 0.1) is 6.92 Å². The second-order valence-electron chi connectivity index (χ2n) is 6.57. The number of hydrogen-bond acceptors (Lipinski definition) is 4. The molecule has 2 aromatic rings. The highest BCUT2D eigenvalue weighted by molar-refractivity contribution is 5.91. The van der Waals surface area contributed by atoms with E-state index in [4.69, 9.17) is 4.42 Å². The molecule has 1 aromatic carbocycles. The Balaban J connectivity index is 1.46. The van der Waals surface area contributed by atoms with Gasteiger partial charge in [-0.2, -0.15) is 0 Å². The summed E-state index contributed by atoms with van der Waals surface area (Å²) in [5, 5.41) is 0. The van der Waals surface area contributed by atoms with Gasteiger partial charge in [-0.1, -0.05) is 12.1 Å². The highest BCUT2D eigenvalue weighted by atomic mass is 19.4. The molecule has 150 valence electrons. The number of piperazine rings is 1. The van der Waals surface area contributed by atoms with E-state index in [1.807, 2.05) is 19.1 Å². The highest BCUT2D eigenvalue weighted by Crippen LogP contribution is 2.23. The third kappa shape index (κ3) is 5.88. The highest BCUT2D eigenvalue weighted by Gasteiger charge is 2.31. The number of alkyl halides is 3. The van der Waals surface area contributed by atoms with Gasteiger partial charge in [0, 0.05) is 38.8 Å². The van der Waals surface area contributed by atoms with E-state index < -0.39 is 6.36 Å². The van der Waals surface area contributed by atoms with Crippen LogP contribution in [-0.2, 0) is 11.3 Å². The Hall–Kier alpha value is -2.74. The van der Waals surface area contributed by atoms with Crippen molar-refractivity contribution in [2.24, 2.45) is 0 Å². The Labute approximate surface area is 161 Å². The van der Waals surface area contributed by atoms with Gasteiger partial charge < -0.3 is 14.1 Å². The van der Waals surface area contributed by atoms with Crippen molar-refractivity contribution in [2.45, 2.75) is 19.8 Å². The third-order valence-electron chi connectivity index (χ3n) is 4.40. The van der Waals surface area contributed by atoms with E-state index in [0.29, 0.717) is 38.5 Å². The predicted octanol–water partition coefficient (Wildman–Crippen LogP) is 3.84. The molecule has 0 atom stereocenters. The summed E-state index contributed by atoms with van der Waals surface area (Å²) in [7, 11) is 0. The lowest BCUT2D eigenvalue weighted by atomic mass is 10.2. The molecule has 0 bridgehead atoms. The Bertz CT molecular complexity index is 820. The fourth-order valence-electron chi connectivity index (χ4n) is 2.98. The zero-order chi connectivity index (χ0) is 20.1. The van der Waals surface area contributed by atoms with Crippen molar-refractivity contribution >= 4 is 12.0 Å². The van der Waals surface area contributed by atoms with E-state index in [-0.39, 0.29) is 11.7 Å². The van der Waals surface area contributed by atoms with Crippen molar-refractivity contribution in [1.82, 2.24) is 9.80 Å². The maximum atomic E-state index is 12.3. The molecule has 1 aromatic heterocycles. The molecule has 1 aliphatic rings. The second kappa shape index (κ2) is 8.52. The lowest BCUT2D eigenvalue weighted by Gasteiger charge is -2.34. The Morgan fingerprint density at radius 2 is 1.79 bits per heavy atom. The normalized spacial score (nSPS) is 15.9. The molecule has 1 amide bonds. The number of ether oxygens (including phenoxy) is 1. The summed E-state index contributed by atoms with van der Waals surface area (Å²) in [4.78, 5) is 16.2. The summed E-state index contributed by atoms with van der Waals surface area (Å²) in [6.07, 6.45) is -1.52. The van der Waals surface area contributed by atoms with Gasteiger partial charge in [0.05, 0.1) is 0 Å². The van der Waals surface area contributed by atoms with Crippen molar-refractivity contribution in [3.63, 3.8) is 0 Å². The van der Waals surface area contributed by atoms with Crippen LogP contribution in [0.2, 0.25) is 0 Å². The van der Waals surface area contributed by atoms with Crippen LogP contribution in [0.3, 0.4) is 0 Å². The van der Waals surface area contributed by atoms with Crippen LogP contribution < -0.4 is 4.74 Å². The lowest BCUT2D eigenvalue weighted by Crippen LogP contribution is -2.47. The summed E-state index contributed by atoms with van der Waals surface area (Å²) < 4.78 is 45.9. The first-order chi connectivity index (χ1) is 13.3. The van der Waals surface area contributed by atoms with Gasteiger partial charge in [-0.25, -0.2) is 0 Å². The number of nitrogens with zero attached hydrogens (tertiary/aromatic N) is 2. The molecule has 0 unspecified atom stereocenters. The average molecular weight is 394 g/mol. The number of carbonyl (C=O) groups is 1. The molecule has 0 saturated carbocycles. The number of carbonyl (C=O) groups excluding carboxylic acids is 1. The van der Waals surface area contributed by atoms with E-state index in [0.717, 1.165) is 11.3 Å². The minimum Gasteiger partial charge on any atom is -0.462 e. The molecule has 28 heavy (non-hydrogen) atoms. The van der Waals surface area contributed by atoms with Crippen molar-refractivity contribution < 1.29 is 27.1 Å². The van der Waals surface area contributed by atoms with Crippen molar-refractivity contribution in [1.29, 1.82) is 0 Å². The topological polar surface area (TPSA) is 45.9 Å². The summed E-state index contributed by atoms with van der Waals surface area (Å²) in [6, 6.07) is 9.50. The fraction of sp³-hybridized carbons (Fsp3) is 0.350. The maximum absolute atomic E-state index is 12.3. The standard InChI is InChI=1S/C20H21F3N2O3/c1-15-2-5-17(27-15)8-9-19(26)25-12-10-24(11-13-25)14-16-3-6-18(7-4-16)28-20(21,22)23/h2-9H,10-14H2,1H3/b9-8+. The van der Waals surface area contributed by atoms with Crippen LogP contribution in [0.25, 0.3) is 6.08 Å². The minimum atomic E-state index is -4.69. The van der Waals surface area contributed by atoms with E-state index in [1.165, 1.54) is 18.2 Å². The molecule has 1 fully saturated rings. The van der Waals surface area contributed by atoms with E-state index in [9.17, 15) is 18.0 Å². The first kappa shape index (κ1) is 20.0. The van der Waals surface area contributed by atoms with Gasteiger partial charge >= 0.3 is 6.36 Å². The summed E-state index contributed by atoms with van der Waals surface area (Å²) in [6.45, 7) is 5.02. The molecule has 0 aliphatic carbocycles. The average Bonchev–Trinajstić information content (AvgIpc) is 3.06. The number of rotatable bonds is 5. The Kier molecular flexibility index (Phi) is 6.08. The molecule has 5 nitrogen and oxygen atoms in total. The largest absolute Gasteiger partial charge is 0.573 e. The molecule has 2 heterocycles. The van der Waals surface area contributed by atoms with Crippen molar-refractivity contribution in [2.75, 3.05) is 26.2 Å². The van der Waals surface area contributed by atoms with Crippen LogP contribution in [0.15, 0.2) is 46.9 Å². The number of hydrogen-bond donors (Lipinski definition) is 0. The number of furan rings is 1. The van der Waals surface area contributed by atoms with Gasteiger partial charge in [-0.3, -0.25) is 9.69 Å². The van der Waals surface area contributed by atoms with E-state index in [1.54, 1.807) is 23.1 Å². The van der Waals surface area contributed by atoms with Gasteiger partial charge in [0.1, 0.15) is 17.3 Å². The number of aryl methyl sites for hydroxylation is 1. The third-order valence-corrected chi connectivity index (χ3v) is 4.40. The lowest BCUT2D eigenvalue weighted by molar-refractivity contribution is -0.274. The maximum Gasteiger partial charge on any atom is 0.573 e. The molecule has 8 heteroatoms. The molecular formula is C20H21F3N2O3. The van der Waals surface area contributed by atoms with E-state index in [2.05, 4.69) is 9.64 Å². The van der Waals surface area contributed by atoms with Crippen LogP contribution >= 0.6 is 0 Å². The van der Waals surface area contributed by atoms with Crippen LogP contribution in [0.5, 0.6) is 5.75 Å². The zero-order valence-corrected chi connectivity index (χ0v) is 15.4. The quantitative estimate of drug-likeness (QED) is 0.723. The summed E-state index contributed by atoms with van der Waals surface area (Å²) >= 11 is 0. The van der Waals surface area contributed by atoms with Gasteiger partial charge in [0.25, 0.3) is 0 Å². The van der Waals surface area contributed by atoms with Crippen molar-refractivity contribution in [3.8, 4) is 5.75 Å². The van der Waals surface area contributed by atoms with Gasteiger partial charge in [0.15, 0.2) is 0 Å². The number of benzene rings is 1. The SMILES string of the molecule is Cc1ccc(/C=C/C(=O)N2CCN(Cc3ccc(OC(F)(F)F)cc3)CC2)o1. The molecule has 0 radical (unpaired) electrons. The van der Waals surface area contributed by atoms with Crippen LogP contribution in [-0.4, -0.2) is 48.2 Å². The predicted molar refractivity (Wildman–Crippen MR) is 97.5 cm³/mol. The van der Waals surface area contributed by atoms with Gasteiger partial charge in [-0.05, 0) is 42.8 Å². The smallest absolute Gasteiger partial charge is 0.462 e. The van der Waals surface area contributed by atoms with Crippen LogP contribution in [0.1, 0.15) is 17.1 Å². The second-order valence-corrected chi connectivity index (χ2v) is 6.57. The monoisotopic (exact) mass is 394 g/mol. The Morgan fingerprint density at radius 3 is 2.36 bits per heavy atom. The van der Waals surface area contributed by atoms with Gasteiger partial charge in [0.2, 0.25) is 5.91 Å².